The van der Waals surface area contributed by atoms with Gasteiger partial charge < -0.3 is 29.6 Å². The molecule has 1 heterocycles. The largest absolute Gasteiger partial charge is 0.493 e. The van der Waals surface area contributed by atoms with Gasteiger partial charge in [0.1, 0.15) is 6.17 Å². The van der Waals surface area contributed by atoms with Crippen LogP contribution in [0.2, 0.25) is 0 Å². The summed E-state index contributed by atoms with van der Waals surface area (Å²) < 4.78 is 21.1. The van der Waals surface area contributed by atoms with Gasteiger partial charge >= 0.3 is 0 Å². The highest BCUT2D eigenvalue weighted by atomic mass is 16.5. The van der Waals surface area contributed by atoms with E-state index in [0.29, 0.717) is 34.2 Å². The molecule has 0 radical (unpaired) electrons. The number of amides is 1. The Kier molecular flexibility index (Phi) is 4.56. The molecule has 0 bridgehead atoms. The third-order valence-electron chi connectivity index (χ3n) is 4.08. The summed E-state index contributed by atoms with van der Waals surface area (Å²) in [5, 5.41) is 6.22. The van der Waals surface area contributed by atoms with Gasteiger partial charge in [0.25, 0.3) is 5.91 Å². The van der Waals surface area contributed by atoms with Crippen LogP contribution in [0.25, 0.3) is 0 Å². The Balaban J connectivity index is 1.97. The SMILES string of the molecule is COc1ccc(C2NC(=O)c3cc(OC)c(OC)cc3N2)cc1OC. The van der Waals surface area contributed by atoms with Crippen LogP contribution in [0.3, 0.4) is 0 Å². The first-order valence-electron chi connectivity index (χ1n) is 7.66. The summed E-state index contributed by atoms with van der Waals surface area (Å²) in [6.45, 7) is 0. The molecule has 1 amide bonds. The number of rotatable bonds is 5. The van der Waals surface area contributed by atoms with Crippen molar-refractivity contribution in [1.29, 1.82) is 0 Å². The molecule has 3 rings (SSSR count). The van der Waals surface area contributed by atoms with Crippen molar-refractivity contribution >= 4 is 11.6 Å². The maximum absolute atomic E-state index is 12.5. The molecule has 0 spiro atoms. The van der Waals surface area contributed by atoms with Crippen molar-refractivity contribution in [3.05, 3.63) is 41.5 Å². The lowest BCUT2D eigenvalue weighted by Crippen LogP contribution is -2.38. The van der Waals surface area contributed by atoms with Gasteiger partial charge in [-0.3, -0.25) is 4.79 Å². The Labute approximate surface area is 145 Å². The van der Waals surface area contributed by atoms with Crippen molar-refractivity contribution in [1.82, 2.24) is 5.32 Å². The molecule has 132 valence electrons. The fraction of sp³-hybridized carbons (Fsp3) is 0.278. The summed E-state index contributed by atoms with van der Waals surface area (Å²) in [7, 11) is 6.23. The Morgan fingerprint density at radius 1 is 0.760 bits per heavy atom. The first-order valence-corrected chi connectivity index (χ1v) is 7.66. The van der Waals surface area contributed by atoms with Crippen LogP contribution in [0.5, 0.6) is 23.0 Å². The van der Waals surface area contributed by atoms with Gasteiger partial charge in [-0.15, -0.1) is 0 Å². The molecule has 7 nitrogen and oxygen atoms in total. The molecule has 1 atom stereocenters. The van der Waals surface area contributed by atoms with Gasteiger partial charge in [0.15, 0.2) is 23.0 Å². The molecule has 0 saturated carbocycles. The average molecular weight is 344 g/mol. The van der Waals surface area contributed by atoms with Crippen LogP contribution in [0.15, 0.2) is 30.3 Å². The molecule has 1 aliphatic rings. The first-order chi connectivity index (χ1) is 12.1. The van der Waals surface area contributed by atoms with Crippen LogP contribution in [0.4, 0.5) is 5.69 Å². The van der Waals surface area contributed by atoms with Crippen molar-refractivity contribution in [3.63, 3.8) is 0 Å². The highest BCUT2D eigenvalue weighted by molar-refractivity contribution is 6.02. The maximum atomic E-state index is 12.5. The molecular weight excluding hydrogens is 324 g/mol. The molecule has 0 saturated heterocycles. The fourth-order valence-electron chi connectivity index (χ4n) is 2.79. The zero-order valence-corrected chi connectivity index (χ0v) is 14.5. The third-order valence-corrected chi connectivity index (χ3v) is 4.08. The monoisotopic (exact) mass is 344 g/mol. The summed E-state index contributed by atoms with van der Waals surface area (Å²) in [4.78, 5) is 12.5. The summed E-state index contributed by atoms with van der Waals surface area (Å²) in [6.07, 6.45) is -0.405. The number of benzene rings is 2. The van der Waals surface area contributed by atoms with E-state index >= 15 is 0 Å². The van der Waals surface area contributed by atoms with Crippen molar-refractivity contribution in [2.75, 3.05) is 33.8 Å². The lowest BCUT2D eigenvalue weighted by molar-refractivity contribution is 0.0935. The van der Waals surface area contributed by atoms with Gasteiger partial charge in [-0.05, 0) is 23.8 Å². The molecule has 0 aliphatic carbocycles. The smallest absolute Gasteiger partial charge is 0.255 e. The normalized spacial score (nSPS) is 15.5. The standard InChI is InChI=1S/C18H20N2O5/c1-22-13-6-5-10(7-14(13)23-2)17-19-12-9-16(25-4)15(24-3)8-11(12)18(21)20-17/h5-9,17,19H,1-4H3,(H,20,21). The van der Waals surface area contributed by atoms with E-state index in [1.165, 1.54) is 7.11 Å². The van der Waals surface area contributed by atoms with Crippen LogP contribution in [0, 0.1) is 0 Å². The Morgan fingerprint density at radius 3 is 2.00 bits per heavy atom. The van der Waals surface area contributed by atoms with Gasteiger partial charge in [-0.25, -0.2) is 0 Å². The van der Waals surface area contributed by atoms with Crippen LogP contribution < -0.4 is 29.6 Å². The number of fused-ring (bicyclic) bond motifs is 1. The second-order valence-corrected chi connectivity index (χ2v) is 5.42. The van der Waals surface area contributed by atoms with Crippen molar-refractivity contribution in [2.24, 2.45) is 0 Å². The summed E-state index contributed by atoms with van der Waals surface area (Å²) >= 11 is 0. The first kappa shape index (κ1) is 16.8. The minimum Gasteiger partial charge on any atom is -0.493 e. The molecule has 0 fully saturated rings. The fourth-order valence-corrected chi connectivity index (χ4v) is 2.79. The summed E-state index contributed by atoms with van der Waals surface area (Å²) in [5.41, 5.74) is 2.00. The summed E-state index contributed by atoms with van der Waals surface area (Å²) in [6, 6.07) is 8.89. The minimum atomic E-state index is -0.405. The quantitative estimate of drug-likeness (QED) is 0.868. The van der Waals surface area contributed by atoms with Crippen molar-refractivity contribution in [2.45, 2.75) is 6.17 Å². The van der Waals surface area contributed by atoms with Gasteiger partial charge in [0.2, 0.25) is 0 Å². The van der Waals surface area contributed by atoms with Crippen LogP contribution in [0.1, 0.15) is 22.1 Å². The lowest BCUT2D eigenvalue weighted by Gasteiger charge is -2.29. The Hall–Kier alpha value is -3.09. The van der Waals surface area contributed by atoms with Crippen molar-refractivity contribution in [3.8, 4) is 23.0 Å². The highest BCUT2D eigenvalue weighted by Crippen LogP contribution is 2.38. The van der Waals surface area contributed by atoms with Crippen molar-refractivity contribution < 1.29 is 23.7 Å². The number of hydrogen-bond donors (Lipinski definition) is 2. The molecule has 0 aromatic heterocycles. The van der Waals surface area contributed by atoms with Gasteiger partial charge in [0.05, 0.1) is 39.7 Å². The molecular formula is C18H20N2O5. The number of hydrogen-bond acceptors (Lipinski definition) is 6. The third kappa shape index (κ3) is 3.00. The van der Waals surface area contributed by atoms with Crippen LogP contribution >= 0.6 is 0 Å². The number of carbonyl (C=O) groups excluding carboxylic acids is 1. The Morgan fingerprint density at radius 2 is 1.36 bits per heavy atom. The van der Waals surface area contributed by atoms with Gasteiger partial charge in [-0.2, -0.15) is 0 Å². The van der Waals surface area contributed by atoms with E-state index < -0.39 is 6.17 Å². The van der Waals surface area contributed by atoms with E-state index in [1.807, 2.05) is 12.1 Å². The number of ether oxygens (including phenoxy) is 4. The van der Waals surface area contributed by atoms with E-state index in [1.54, 1.807) is 39.5 Å². The number of methoxy groups -OCH3 is 4. The number of anilines is 1. The topological polar surface area (TPSA) is 78.1 Å². The maximum Gasteiger partial charge on any atom is 0.255 e. The van der Waals surface area contributed by atoms with E-state index in [4.69, 9.17) is 18.9 Å². The predicted octanol–water partition coefficient (Wildman–Crippen LogP) is 2.58. The molecule has 7 heteroatoms. The molecule has 1 unspecified atom stereocenters. The van der Waals surface area contributed by atoms with Gasteiger partial charge in [-0.1, -0.05) is 6.07 Å². The molecule has 2 N–H and O–H groups in total. The predicted molar refractivity (Wildman–Crippen MR) is 92.9 cm³/mol. The lowest BCUT2D eigenvalue weighted by atomic mass is 10.0. The molecule has 25 heavy (non-hydrogen) atoms. The minimum absolute atomic E-state index is 0.200. The second-order valence-electron chi connectivity index (χ2n) is 5.42. The molecule has 1 aliphatic heterocycles. The number of nitrogens with one attached hydrogen (secondary N) is 2. The molecule has 2 aromatic carbocycles. The van der Waals surface area contributed by atoms with Gasteiger partial charge in [0, 0.05) is 6.07 Å². The van der Waals surface area contributed by atoms with Crippen LogP contribution in [-0.2, 0) is 0 Å². The van der Waals surface area contributed by atoms with E-state index in [-0.39, 0.29) is 5.91 Å². The average Bonchev–Trinajstić information content (AvgIpc) is 2.66. The summed E-state index contributed by atoms with van der Waals surface area (Å²) in [5.74, 6) is 2.07. The highest BCUT2D eigenvalue weighted by Gasteiger charge is 2.27. The van der Waals surface area contributed by atoms with E-state index in [2.05, 4.69) is 10.6 Å². The second kappa shape index (κ2) is 6.80. The molecule has 2 aromatic rings. The zero-order chi connectivity index (χ0) is 18.0. The zero-order valence-electron chi connectivity index (χ0n) is 14.5. The Bertz CT molecular complexity index is 806. The van der Waals surface area contributed by atoms with E-state index in [9.17, 15) is 4.79 Å². The van der Waals surface area contributed by atoms with Crippen LogP contribution in [-0.4, -0.2) is 34.3 Å². The van der Waals surface area contributed by atoms with E-state index in [0.717, 1.165) is 5.56 Å². The number of carbonyl (C=O) groups is 1.